The number of aryl methyl sites for hydroxylation is 1. The number of aliphatic hydroxyl groups excluding tert-OH is 1. The van der Waals surface area contributed by atoms with Crippen molar-refractivity contribution in [2.24, 2.45) is 0 Å². The third-order valence-corrected chi connectivity index (χ3v) is 5.69. The summed E-state index contributed by atoms with van der Waals surface area (Å²) in [6, 6.07) is 6.98. The van der Waals surface area contributed by atoms with Crippen LogP contribution in [0.25, 0.3) is 10.9 Å². The van der Waals surface area contributed by atoms with Gasteiger partial charge < -0.3 is 25.2 Å². The van der Waals surface area contributed by atoms with E-state index in [0.717, 1.165) is 35.0 Å². The molecule has 1 atom stereocenters. The van der Waals surface area contributed by atoms with Gasteiger partial charge in [-0.15, -0.1) is 0 Å². The van der Waals surface area contributed by atoms with Crippen LogP contribution >= 0.6 is 0 Å². The predicted molar refractivity (Wildman–Crippen MR) is 121 cm³/mol. The summed E-state index contributed by atoms with van der Waals surface area (Å²) in [6.45, 7) is 6.14. The lowest BCUT2D eigenvalue weighted by Gasteiger charge is -2.23. The van der Waals surface area contributed by atoms with E-state index in [1.807, 2.05) is 32.9 Å². The normalized spacial score (nSPS) is 15.9. The zero-order chi connectivity index (χ0) is 22.9. The molecule has 5 N–H and O–H groups in total. The molecule has 2 heterocycles. The van der Waals surface area contributed by atoms with Gasteiger partial charge in [0.05, 0.1) is 17.7 Å². The number of hydrogen-bond donors (Lipinski definition) is 5. The van der Waals surface area contributed by atoms with Crippen molar-refractivity contribution in [1.82, 2.24) is 20.8 Å². The van der Waals surface area contributed by atoms with E-state index >= 15 is 0 Å². The number of anilines is 1. The molecule has 0 fully saturated rings. The quantitative estimate of drug-likeness (QED) is 0.417. The molecule has 4 rings (SSSR count). The summed E-state index contributed by atoms with van der Waals surface area (Å²) in [5.41, 5.74) is 3.35. The van der Waals surface area contributed by atoms with E-state index in [4.69, 9.17) is 9.63 Å². The molecule has 1 aromatic carbocycles. The third-order valence-electron chi connectivity index (χ3n) is 5.69. The van der Waals surface area contributed by atoms with Crippen LogP contribution in [0.4, 0.5) is 10.6 Å². The highest BCUT2D eigenvalue weighted by molar-refractivity contribution is 6.06. The number of amides is 3. The van der Waals surface area contributed by atoms with Crippen molar-refractivity contribution in [1.29, 1.82) is 0 Å². The number of benzene rings is 1. The molecule has 1 aliphatic carbocycles. The minimum atomic E-state index is -0.323. The van der Waals surface area contributed by atoms with E-state index in [1.54, 1.807) is 12.1 Å². The van der Waals surface area contributed by atoms with E-state index in [-0.39, 0.29) is 36.5 Å². The number of aromatic amines is 1. The minimum absolute atomic E-state index is 0.0395. The van der Waals surface area contributed by atoms with E-state index < -0.39 is 0 Å². The molecular formula is C23H29N5O4. The van der Waals surface area contributed by atoms with Gasteiger partial charge in [-0.2, -0.15) is 0 Å². The number of fused-ring (bicyclic) bond motifs is 3. The Morgan fingerprint density at radius 1 is 1.31 bits per heavy atom. The molecular weight excluding hydrogens is 410 g/mol. The molecule has 170 valence electrons. The summed E-state index contributed by atoms with van der Waals surface area (Å²) in [4.78, 5) is 28.4. The summed E-state index contributed by atoms with van der Waals surface area (Å²) in [7, 11) is 0. The van der Waals surface area contributed by atoms with Gasteiger partial charge in [-0.3, -0.25) is 10.1 Å². The lowest BCUT2D eigenvalue weighted by molar-refractivity contribution is 0.0946. The van der Waals surface area contributed by atoms with Crippen molar-refractivity contribution in [2.75, 3.05) is 18.5 Å². The van der Waals surface area contributed by atoms with Gasteiger partial charge in [-0.25, -0.2) is 4.79 Å². The largest absolute Gasteiger partial charge is 0.395 e. The monoisotopic (exact) mass is 439 g/mol. The van der Waals surface area contributed by atoms with Crippen molar-refractivity contribution in [3.8, 4) is 0 Å². The Bertz CT molecular complexity index is 1140. The standard InChI is InChI=1S/C23H29N5O4/c1-23(2,3)18-12-19(28-32-18)27-22(31)25-13-7-8-17-16(11-13)14-5-4-6-15(20(14)26-17)21(30)24-9-10-29/h4-6,12-13,26,29H,7-11H2,1-3H3,(H,24,30)(H2,25,27,28,31). The fraction of sp³-hybridized carbons (Fsp3) is 0.435. The zero-order valence-corrected chi connectivity index (χ0v) is 18.5. The van der Waals surface area contributed by atoms with Gasteiger partial charge in [-0.1, -0.05) is 38.1 Å². The Balaban J connectivity index is 1.46. The topological polar surface area (TPSA) is 132 Å². The van der Waals surface area contributed by atoms with Gasteiger partial charge in [-0.05, 0) is 30.9 Å². The van der Waals surface area contributed by atoms with Gasteiger partial charge in [0, 0.05) is 35.1 Å². The first-order valence-corrected chi connectivity index (χ1v) is 10.8. The average Bonchev–Trinajstić information content (AvgIpc) is 3.36. The number of nitrogens with one attached hydrogen (secondary N) is 4. The molecule has 0 saturated heterocycles. The number of urea groups is 1. The molecule has 9 heteroatoms. The highest BCUT2D eigenvalue weighted by atomic mass is 16.5. The number of para-hydroxylation sites is 1. The molecule has 0 radical (unpaired) electrons. The maximum Gasteiger partial charge on any atom is 0.320 e. The zero-order valence-electron chi connectivity index (χ0n) is 18.5. The summed E-state index contributed by atoms with van der Waals surface area (Å²) >= 11 is 0. The van der Waals surface area contributed by atoms with Gasteiger partial charge in [0.1, 0.15) is 5.76 Å². The minimum Gasteiger partial charge on any atom is -0.395 e. The van der Waals surface area contributed by atoms with Crippen molar-refractivity contribution < 1.29 is 19.2 Å². The molecule has 3 amide bonds. The predicted octanol–water partition coefficient (Wildman–Crippen LogP) is 2.85. The molecule has 1 unspecified atom stereocenters. The van der Waals surface area contributed by atoms with Crippen molar-refractivity contribution in [2.45, 2.75) is 51.5 Å². The van der Waals surface area contributed by atoms with Crippen LogP contribution in [0.1, 0.15) is 54.6 Å². The summed E-state index contributed by atoms with van der Waals surface area (Å²) in [5, 5.41) is 22.3. The van der Waals surface area contributed by atoms with Crippen molar-refractivity contribution >= 4 is 28.7 Å². The highest BCUT2D eigenvalue weighted by Gasteiger charge is 2.26. The van der Waals surface area contributed by atoms with Gasteiger partial charge in [0.15, 0.2) is 5.82 Å². The van der Waals surface area contributed by atoms with E-state index in [0.29, 0.717) is 23.6 Å². The van der Waals surface area contributed by atoms with E-state index in [9.17, 15) is 9.59 Å². The van der Waals surface area contributed by atoms with Crippen LogP contribution in [-0.4, -0.2) is 46.4 Å². The van der Waals surface area contributed by atoms with Gasteiger partial charge in [0.2, 0.25) is 0 Å². The van der Waals surface area contributed by atoms with E-state index in [2.05, 4.69) is 26.1 Å². The second-order valence-electron chi connectivity index (χ2n) is 9.15. The first-order valence-electron chi connectivity index (χ1n) is 10.8. The molecule has 0 aliphatic heterocycles. The molecule has 0 spiro atoms. The molecule has 32 heavy (non-hydrogen) atoms. The van der Waals surface area contributed by atoms with Crippen LogP contribution in [0.2, 0.25) is 0 Å². The van der Waals surface area contributed by atoms with Crippen LogP contribution in [0, 0.1) is 0 Å². The summed E-state index contributed by atoms with van der Waals surface area (Å²) in [5.74, 6) is 0.863. The van der Waals surface area contributed by atoms with Crippen molar-refractivity contribution in [3.05, 3.63) is 46.8 Å². The van der Waals surface area contributed by atoms with E-state index in [1.165, 1.54) is 0 Å². The number of nitrogens with zero attached hydrogens (tertiary/aromatic N) is 1. The first-order chi connectivity index (χ1) is 15.3. The summed E-state index contributed by atoms with van der Waals surface area (Å²) < 4.78 is 5.32. The fourth-order valence-electron chi connectivity index (χ4n) is 4.04. The second kappa shape index (κ2) is 8.66. The Labute approximate surface area is 185 Å². The molecule has 2 aromatic heterocycles. The number of H-pyrrole nitrogens is 1. The maximum atomic E-state index is 12.5. The molecule has 0 bridgehead atoms. The Kier molecular flexibility index (Phi) is 5.92. The number of aliphatic hydroxyl groups is 1. The van der Waals surface area contributed by atoms with Crippen LogP contribution in [0.3, 0.4) is 0 Å². The van der Waals surface area contributed by atoms with Crippen LogP contribution in [0.5, 0.6) is 0 Å². The Morgan fingerprint density at radius 3 is 2.84 bits per heavy atom. The van der Waals surface area contributed by atoms with Crippen molar-refractivity contribution in [3.63, 3.8) is 0 Å². The number of rotatable bonds is 5. The summed E-state index contributed by atoms with van der Waals surface area (Å²) in [6.07, 6.45) is 2.21. The molecule has 3 aromatic rings. The Hall–Kier alpha value is -3.33. The molecule has 1 aliphatic rings. The Morgan fingerprint density at radius 2 is 2.12 bits per heavy atom. The number of aromatic nitrogens is 2. The third kappa shape index (κ3) is 4.47. The van der Waals surface area contributed by atoms with Crippen LogP contribution < -0.4 is 16.0 Å². The van der Waals surface area contributed by atoms with Gasteiger partial charge in [0.25, 0.3) is 5.91 Å². The van der Waals surface area contributed by atoms with Gasteiger partial charge >= 0.3 is 6.03 Å². The lowest BCUT2D eigenvalue weighted by atomic mass is 9.91. The molecule has 0 saturated carbocycles. The number of carbonyl (C=O) groups excluding carboxylic acids is 2. The average molecular weight is 440 g/mol. The maximum absolute atomic E-state index is 12.5. The fourth-order valence-corrected chi connectivity index (χ4v) is 4.04. The smallest absolute Gasteiger partial charge is 0.320 e. The lowest BCUT2D eigenvalue weighted by Crippen LogP contribution is -2.41. The number of hydrogen-bond acceptors (Lipinski definition) is 5. The first kappa shape index (κ1) is 21.9. The number of carbonyl (C=O) groups is 2. The SMILES string of the molecule is CC(C)(C)c1cc(NC(=O)NC2CCc3[nH]c4c(C(=O)NCCO)cccc4c3C2)no1. The highest BCUT2D eigenvalue weighted by Crippen LogP contribution is 2.31. The van der Waals surface area contributed by atoms with Crippen LogP contribution in [0.15, 0.2) is 28.8 Å². The van der Waals surface area contributed by atoms with Crippen LogP contribution in [-0.2, 0) is 18.3 Å². The molecule has 9 nitrogen and oxygen atoms in total. The second-order valence-corrected chi connectivity index (χ2v) is 9.15.